The van der Waals surface area contributed by atoms with E-state index >= 15 is 0 Å². The van der Waals surface area contributed by atoms with Crippen LogP contribution in [0.4, 0.5) is 0 Å². The lowest BCUT2D eigenvalue weighted by Crippen LogP contribution is -2.33. The second-order valence-electron chi connectivity index (χ2n) is 4.86. The second-order valence-corrected chi connectivity index (χ2v) is 5.24. The van der Waals surface area contributed by atoms with Crippen LogP contribution in [0.2, 0.25) is 5.02 Å². The molecule has 1 aliphatic heterocycles. The quantitative estimate of drug-likeness (QED) is 0.844. The molecule has 1 aliphatic rings. The van der Waals surface area contributed by atoms with Gasteiger partial charge in [-0.05, 0) is 32.4 Å². The Morgan fingerprint density at radius 3 is 2.61 bits per heavy atom. The predicted molar refractivity (Wildman–Crippen MR) is 71.2 cm³/mol. The molecule has 2 heterocycles. The van der Waals surface area contributed by atoms with E-state index in [1.165, 1.54) is 0 Å². The first-order valence-electron chi connectivity index (χ1n) is 6.48. The molecule has 1 saturated heterocycles. The van der Waals surface area contributed by atoms with Gasteiger partial charge in [0, 0.05) is 19.5 Å². The second kappa shape index (κ2) is 5.73. The summed E-state index contributed by atoms with van der Waals surface area (Å²) >= 11 is 6.34. The molecule has 0 spiro atoms. The third-order valence-corrected chi connectivity index (χ3v) is 4.08. The van der Waals surface area contributed by atoms with Crippen LogP contribution in [0.3, 0.4) is 0 Å². The number of nitrogens with zero attached hydrogens (tertiary/aromatic N) is 4. The van der Waals surface area contributed by atoms with E-state index < -0.39 is 0 Å². The Hall–Kier alpha value is -1.05. The molecular weight excluding hydrogens is 248 g/mol. The van der Waals surface area contributed by atoms with Crippen molar-refractivity contribution in [2.45, 2.75) is 32.7 Å². The smallest absolute Gasteiger partial charge is 0.0863 e. The molecule has 5 heteroatoms. The van der Waals surface area contributed by atoms with Crippen LogP contribution in [0, 0.1) is 17.2 Å². The van der Waals surface area contributed by atoms with Crippen LogP contribution in [0.15, 0.2) is 0 Å². The summed E-state index contributed by atoms with van der Waals surface area (Å²) in [6.45, 7) is 4.85. The summed E-state index contributed by atoms with van der Waals surface area (Å²) < 4.78 is 1.89. The number of likely N-dealkylation sites (tertiary alicyclic amines) is 1. The van der Waals surface area contributed by atoms with Gasteiger partial charge in [-0.25, -0.2) is 0 Å². The number of aromatic nitrogens is 2. The van der Waals surface area contributed by atoms with Crippen molar-refractivity contribution in [2.24, 2.45) is 13.0 Å². The number of hydrogen-bond donors (Lipinski definition) is 0. The summed E-state index contributed by atoms with van der Waals surface area (Å²) in [4.78, 5) is 2.36. The van der Waals surface area contributed by atoms with E-state index in [1.54, 1.807) is 0 Å². The molecule has 2 rings (SSSR count). The van der Waals surface area contributed by atoms with Crippen LogP contribution in [0.1, 0.15) is 31.2 Å². The number of aryl methyl sites for hydroxylation is 2. The fourth-order valence-electron chi connectivity index (χ4n) is 2.42. The highest BCUT2D eigenvalue weighted by Crippen LogP contribution is 2.24. The van der Waals surface area contributed by atoms with E-state index in [9.17, 15) is 0 Å². The summed E-state index contributed by atoms with van der Waals surface area (Å²) in [6.07, 6.45) is 2.79. The van der Waals surface area contributed by atoms with Crippen LogP contribution < -0.4 is 0 Å². The Morgan fingerprint density at radius 1 is 1.44 bits per heavy atom. The molecule has 4 nitrogen and oxygen atoms in total. The third-order valence-electron chi connectivity index (χ3n) is 3.65. The molecule has 1 aromatic heterocycles. The lowest BCUT2D eigenvalue weighted by molar-refractivity contribution is 0.194. The molecule has 0 radical (unpaired) electrons. The first-order chi connectivity index (χ1) is 8.65. The van der Waals surface area contributed by atoms with Gasteiger partial charge in [0.1, 0.15) is 0 Å². The summed E-state index contributed by atoms with van der Waals surface area (Å²) in [5.41, 5.74) is 2.06. The highest BCUT2D eigenvalue weighted by atomic mass is 35.5. The first-order valence-corrected chi connectivity index (χ1v) is 6.85. The summed E-state index contributed by atoms with van der Waals surface area (Å²) in [7, 11) is 1.95. The van der Waals surface area contributed by atoms with Crippen molar-refractivity contribution < 1.29 is 0 Å². The van der Waals surface area contributed by atoms with E-state index in [-0.39, 0.29) is 5.92 Å². The van der Waals surface area contributed by atoms with Gasteiger partial charge in [-0.2, -0.15) is 10.4 Å². The highest BCUT2D eigenvalue weighted by molar-refractivity contribution is 6.31. The molecule has 0 bridgehead atoms. The zero-order chi connectivity index (χ0) is 13.1. The molecule has 0 amide bonds. The van der Waals surface area contributed by atoms with Crippen LogP contribution >= 0.6 is 11.6 Å². The van der Waals surface area contributed by atoms with Crippen LogP contribution in [0.5, 0.6) is 0 Å². The number of rotatable bonds is 3. The van der Waals surface area contributed by atoms with Gasteiger partial charge >= 0.3 is 0 Å². The van der Waals surface area contributed by atoms with Crippen molar-refractivity contribution in [3.8, 4) is 6.07 Å². The fourth-order valence-corrected chi connectivity index (χ4v) is 2.78. The monoisotopic (exact) mass is 266 g/mol. The van der Waals surface area contributed by atoms with Gasteiger partial charge in [0.25, 0.3) is 0 Å². The van der Waals surface area contributed by atoms with Crippen molar-refractivity contribution >= 4 is 11.6 Å². The molecule has 18 heavy (non-hydrogen) atoms. The van der Waals surface area contributed by atoms with Crippen molar-refractivity contribution in [3.05, 3.63) is 16.4 Å². The molecule has 1 aromatic rings. The van der Waals surface area contributed by atoms with E-state index in [4.69, 9.17) is 16.9 Å². The van der Waals surface area contributed by atoms with Crippen LogP contribution in [0.25, 0.3) is 0 Å². The Morgan fingerprint density at radius 2 is 2.11 bits per heavy atom. The topological polar surface area (TPSA) is 44.9 Å². The maximum Gasteiger partial charge on any atom is 0.0863 e. The van der Waals surface area contributed by atoms with E-state index in [1.807, 2.05) is 11.7 Å². The minimum absolute atomic E-state index is 0.231. The van der Waals surface area contributed by atoms with E-state index in [2.05, 4.69) is 23.0 Å². The zero-order valence-electron chi connectivity index (χ0n) is 11.0. The average molecular weight is 267 g/mol. The third kappa shape index (κ3) is 2.68. The standard InChI is InChI=1S/C13H19ClN4/c1-3-11-13(14)12(17(2)16-11)9-18-6-4-10(8-15)5-7-18/h10H,3-7,9H2,1-2H3. The Kier molecular flexibility index (Phi) is 4.26. The van der Waals surface area contributed by atoms with Gasteiger partial charge in [-0.15, -0.1) is 0 Å². The minimum Gasteiger partial charge on any atom is -0.297 e. The van der Waals surface area contributed by atoms with Crippen molar-refractivity contribution in [1.82, 2.24) is 14.7 Å². The lowest BCUT2D eigenvalue weighted by Gasteiger charge is -2.28. The van der Waals surface area contributed by atoms with Gasteiger partial charge in [-0.1, -0.05) is 18.5 Å². The molecule has 0 unspecified atom stereocenters. The van der Waals surface area contributed by atoms with Gasteiger partial charge < -0.3 is 0 Å². The molecule has 0 N–H and O–H groups in total. The number of nitriles is 1. The van der Waals surface area contributed by atoms with Crippen molar-refractivity contribution in [1.29, 1.82) is 5.26 Å². The van der Waals surface area contributed by atoms with Crippen molar-refractivity contribution in [3.63, 3.8) is 0 Å². The normalized spacial score (nSPS) is 17.9. The van der Waals surface area contributed by atoms with Gasteiger partial charge in [-0.3, -0.25) is 9.58 Å². The predicted octanol–water partition coefficient (Wildman–Crippen LogP) is 2.37. The van der Waals surface area contributed by atoms with Gasteiger partial charge in [0.15, 0.2) is 0 Å². The van der Waals surface area contributed by atoms with Crippen molar-refractivity contribution in [2.75, 3.05) is 13.1 Å². The average Bonchev–Trinajstić information content (AvgIpc) is 2.67. The molecule has 0 aromatic carbocycles. The summed E-state index contributed by atoms with van der Waals surface area (Å²) in [5.74, 6) is 0.231. The number of halogens is 1. The molecule has 1 fully saturated rings. The van der Waals surface area contributed by atoms with E-state index in [0.717, 1.165) is 55.3 Å². The highest BCUT2D eigenvalue weighted by Gasteiger charge is 2.21. The lowest BCUT2D eigenvalue weighted by atomic mass is 9.98. The number of hydrogen-bond acceptors (Lipinski definition) is 3. The molecular formula is C13H19ClN4. The molecule has 98 valence electrons. The largest absolute Gasteiger partial charge is 0.297 e. The number of piperidine rings is 1. The molecule has 0 aliphatic carbocycles. The zero-order valence-corrected chi connectivity index (χ0v) is 11.7. The van der Waals surface area contributed by atoms with Crippen LogP contribution in [-0.4, -0.2) is 27.8 Å². The van der Waals surface area contributed by atoms with Gasteiger partial charge in [0.05, 0.1) is 22.5 Å². The fraction of sp³-hybridized carbons (Fsp3) is 0.692. The maximum atomic E-state index is 8.89. The maximum absolute atomic E-state index is 8.89. The molecule has 0 saturated carbocycles. The minimum atomic E-state index is 0.231. The van der Waals surface area contributed by atoms with E-state index in [0.29, 0.717) is 0 Å². The first kappa shape index (κ1) is 13.4. The SMILES string of the molecule is CCc1nn(C)c(CN2CCC(C#N)CC2)c1Cl. The molecule has 0 atom stereocenters. The summed E-state index contributed by atoms with van der Waals surface area (Å²) in [6, 6.07) is 2.35. The summed E-state index contributed by atoms with van der Waals surface area (Å²) in [5, 5.41) is 14.1. The Balaban J connectivity index is 2.02. The van der Waals surface area contributed by atoms with Crippen LogP contribution in [-0.2, 0) is 20.0 Å². The van der Waals surface area contributed by atoms with Gasteiger partial charge in [0.2, 0.25) is 0 Å². The Bertz CT molecular complexity index is 452. The Labute approximate surface area is 113 Å².